The van der Waals surface area contributed by atoms with Crippen LogP contribution in [0, 0.1) is 6.92 Å². The van der Waals surface area contributed by atoms with E-state index in [-0.39, 0.29) is 5.76 Å². The zero-order chi connectivity index (χ0) is 20.9. The third-order valence-electron chi connectivity index (χ3n) is 4.63. The van der Waals surface area contributed by atoms with E-state index in [2.05, 4.69) is 38.8 Å². The third-order valence-corrected chi connectivity index (χ3v) is 5.61. The molecule has 0 fully saturated rings. The molecule has 0 saturated carbocycles. The molecule has 0 aliphatic heterocycles. The lowest BCUT2D eigenvalue weighted by atomic mass is 10.2. The number of carbonyl (C=O) groups is 1. The first-order valence-electron chi connectivity index (χ1n) is 9.55. The average molecular weight is 423 g/mol. The van der Waals surface area contributed by atoms with Crippen molar-refractivity contribution in [3.05, 3.63) is 78.3 Å². The molecule has 4 rings (SSSR count). The van der Waals surface area contributed by atoms with E-state index in [1.807, 2.05) is 24.3 Å². The standard InChI is InChI=1S/C22H22N4O3S/c1-16-24-19-14-23-10-9-20(19)26(16)15-17-5-7-18(8-6-17)30-25(2)11-13-29-22(27)21-4-3-12-28-21/h3-10,12,14H,11,13,15H2,1-2H3. The molecule has 154 valence electrons. The van der Waals surface area contributed by atoms with Gasteiger partial charge in [0, 0.05) is 24.2 Å². The highest BCUT2D eigenvalue weighted by Gasteiger charge is 2.11. The van der Waals surface area contributed by atoms with Crippen LogP contribution in [0.2, 0.25) is 0 Å². The quantitative estimate of drug-likeness (QED) is 0.312. The molecule has 0 N–H and O–H groups in total. The van der Waals surface area contributed by atoms with E-state index in [1.54, 1.807) is 36.5 Å². The van der Waals surface area contributed by atoms with Crippen LogP contribution in [0.4, 0.5) is 0 Å². The molecule has 3 heterocycles. The highest BCUT2D eigenvalue weighted by molar-refractivity contribution is 7.97. The Morgan fingerprint density at radius 3 is 2.83 bits per heavy atom. The maximum Gasteiger partial charge on any atom is 0.374 e. The average Bonchev–Trinajstić information content (AvgIpc) is 3.38. The number of pyridine rings is 1. The molecular weight excluding hydrogens is 400 g/mol. The van der Waals surface area contributed by atoms with Gasteiger partial charge in [0.2, 0.25) is 5.76 Å². The van der Waals surface area contributed by atoms with E-state index in [4.69, 9.17) is 9.15 Å². The molecule has 3 aromatic heterocycles. The van der Waals surface area contributed by atoms with Crippen molar-refractivity contribution < 1.29 is 13.9 Å². The van der Waals surface area contributed by atoms with Crippen LogP contribution in [0.5, 0.6) is 0 Å². The predicted molar refractivity (Wildman–Crippen MR) is 115 cm³/mol. The molecular formula is C22H22N4O3S. The Labute approximate surface area is 178 Å². The number of ether oxygens (including phenoxy) is 1. The van der Waals surface area contributed by atoms with E-state index < -0.39 is 5.97 Å². The second kappa shape index (κ2) is 9.15. The topological polar surface area (TPSA) is 73.4 Å². The summed E-state index contributed by atoms with van der Waals surface area (Å²) in [7, 11) is 1.97. The number of hydrogen-bond acceptors (Lipinski definition) is 7. The highest BCUT2D eigenvalue weighted by Crippen LogP contribution is 2.22. The fourth-order valence-corrected chi connectivity index (χ4v) is 3.88. The molecule has 0 saturated heterocycles. The number of fused-ring (bicyclic) bond motifs is 1. The van der Waals surface area contributed by atoms with Gasteiger partial charge in [-0.25, -0.2) is 14.1 Å². The molecule has 7 nitrogen and oxygen atoms in total. The minimum absolute atomic E-state index is 0.220. The first-order valence-corrected chi connectivity index (χ1v) is 10.3. The molecule has 8 heteroatoms. The van der Waals surface area contributed by atoms with Crippen molar-refractivity contribution in [2.24, 2.45) is 0 Å². The molecule has 0 atom stereocenters. The van der Waals surface area contributed by atoms with Crippen LogP contribution in [0.15, 0.2) is 70.4 Å². The Balaban J connectivity index is 1.30. The number of benzene rings is 1. The summed E-state index contributed by atoms with van der Waals surface area (Å²) in [4.78, 5) is 21.6. The number of likely N-dealkylation sites (N-methyl/N-ethyl adjacent to an activating group) is 1. The van der Waals surface area contributed by atoms with Crippen molar-refractivity contribution in [3.8, 4) is 0 Å². The van der Waals surface area contributed by atoms with Crippen LogP contribution in [0.3, 0.4) is 0 Å². The maximum atomic E-state index is 11.8. The lowest BCUT2D eigenvalue weighted by Crippen LogP contribution is -2.18. The van der Waals surface area contributed by atoms with Gasteiger partial charge in [0.1, 0.15) is 17.9 Å². The number of nitrogens with zero attached hydrogens (tertiary/aromatic N) is 4. The van der Waals surface area contributed by atoms with Crippen molar-refractivity contribution in [2.75, 3.05) is 20.2 Å². The van der Waals surface area contributed by atoms with Crippen molar-refractivity contribution >= 4 is 29.0 Å². The molecule has 30 heavy (non-hydrogen) atoms. The zero-order valence-corrected chi connectivity index (χ0v) is 17.6. The van der Waals surface area contributed by atoms with Gasteiger partial charge in [-0.15, -0.1) is 0 Å². The minimum Gasteiger partial charge on any atom is -0.458 e. The van der Waals surface area contributed by atoms with Gasteiger partial charge in [0.05, 0.1) is 18.0 Å². The van der Waals surface area contributed by atoms with Crippen LogP contribution in [-0.4, -0.2) is 45.0 Å². The van der Waals surface area contributed by atoms with Crippen molar-refractivity contribution in [3.63, 3.8) is 0 Å². The van der Waals surface area contributed by atoms with Crippen molar-refractivity contribution in [1.82, 2.24) is 18.8 Å². The van der Waals surface area contributed by atoms with Gasteiger partial charge >= 0.3 is 5.97 Å². The number of aryl methyl sites for hydroxylation is 1. The summed E-state index contributed by atoms with van der Waals surface area (Å²) in [6.07, 6.45) is 5.04. The largest absolute Gasteiger partial charge is 0.458 e. The van der Waals surface area contributed by atoms with Crippen LogP contribution >= 0.6 is 11.9 Å². The second-order valence-corrected chi connectivity index (χ2v) is 8.09. The van der Waals surface area contributed by atoms with E-state index in [9.17, 15) is 4.79 Å². The van der Waals surface area contributed by atoms with Crippen LogP contribution in [0.25, 0.3) is 11.0 Å². The van der Waals surface area contributed by atoms with Crippen LogP contribution in [0.1, 0.15) is 21.9 Å². The van der Waals surface area contributed by atoms with Gasteiger partial charge < -0.3 is 13.7 Å². The lowest BCUT2D eigenvalue weighted by Gasteiger charge is -2.15. The fourth-order valence-electron chi connectivity index (χ4n) is 3.10. The zero-order valence-electron chi connectivity index (χ0n) is 16.8. The molecule has 0 aliphatic rings. The minimum atomic E-state index is -0.444. The van der Waals surface area contributed by atoms with Gasteiger partial charge in [-0.05, 0) is 61.8 Å². The van der Waals surface area contributed by atoms with Gasteiger partial charge in [-0.1, -0.05) is 12.1 Å². The van der Waals surface area contributed by atoms with Crippen LogP contribution in [-0.2, 0) is 11.3 Å². The molecule has 0 aliphatic carbocycles. The number of hydrogen-bond donors (Lipinski definition) is 0. The summed E-state index contributed by atoms with van der Waals surface area (Å²) < 4.78 is 14.5. The summed E-state index contributed by atoms with van der Waals surface area (Å²) >= 11 is 1.61. The molecule has 0 bridgehead atoms. The van der Waals surface area contributed by atoms with Gasteiger partial charge in [0.15, 0.2) is 0 Å². The van der Waals surface area contributed by atoms with Crippen LogP contribution < -0.4 is 0 Å². The molecule has 0 unspecified atom stereocenters. The Bertz CT molecular complexity index is 1120. The second-order valence-electron chi connectivity index (χ2n) is 6.81. The Kier molecular flexibility index (Phi) is 6.15. The molecule has 0 spiro atoms. The Morgan fingerprint density at radius 2 is 2.07 bits per heavy atom. The first-order chi connectivity index (χ1) is 14.6. The van der Waals surface area contributed by atoms with Gasteiger partial charge in [-0.2, -0.15) is 0 Å². The summed E-state index contributed by atoms with van der Waals surface area (Å²) in [5.41, 5.74) is 3.20. The SMILES string of the molecule is Cc1nc2cnccc2n1Cc1ccc(SN(C)CCOC(=O)c2ccco2)cc1. The molecule has 0 radical (unpaired) electrons. The Morgan fingerprint density at radius 1 is 1.23 bits per heavy atom. The summed E-state index contributed by atoms with van der Waals surface area (Å²) in [6, 6.07) is 13.7. The smallest absolute Gasteiger partial charge is 0.374 e. The summed E-state index contributed by atoms with van der Waals surface area (Å²) in [5, 5.41) is 0. The number of furan rings is 1. The van der Waals surface area contributed by atoms with E-state index >= 15 is 0 Å². The third kappa shape index (κ3) is 4.72. The number of aromatic nitrogens is 3. The van der Waals surface area contributed by atoms with Crippen molar-refractivity contribution in [2.45, 2.75) is 18.4 Å². The summed E-state index contributed by atoms with van der Waals surface area (Å²) in [5.74, 6) is 0.749. The van der Waals surface area contributed by atoms with E-state index in [0.717, 1.165) is 28.3 Å². The number of imidazole rings is 1. The number of rotatable bonds is 8. The monoisotopic (exact) mass is 422 g/mol. The van der Waals surface area contributed by atoms with E-state index in [0.29, 0.717) is 13.2 Å². The molecule has 4 aromatic rings. The Hall–Kier alpha value is -3.10. The predicted octanol–water partition coefficient (Wildman–Crippen LogP) is 4.18. The highest BCUT2D eigenvalue weighted by atomic mass is 32.2. The number of esters is 1. The lowest BCUT2D eigenvalue weighted by molar-refractivity contribution is 0.0460. The van der Waals surface area contributed by atoms with Gasteiger partial charge in [-0.3, -0.25) is 4.98 Å². The summed E-state index contributed by atoms with van der Waals surface area (Å²) in [6.45, 7) is 3.67. The molecule has 0 amide bonds. The first kappa shape index (κ1) is 20.2. The van der Waals surface area contributed by atoms with Crippen molar-refractivity contribution in [1.29, 1.82) is 0 Å². The normalized spacial score (nSPS) is 11.3. The van der Waals surface area contributed by atoms with E-state index in [1.165, 1.54) is 11.8 Å². The fraction of sp³-hybridized carbons (Fsp3) is 0.227. The number of carbonyl (C=O) groups excluding carboxylic acids is 1. The van der Waals surface area contributed by atoms with Gasteiger partial charge in [0.25, 0.3) is 0 Å². The molecule has 1 aromatic carbocycles. The maximum absolute atomic E-state index is 11.8.